The van der Waals surface area contributed by atoms with E-state index in [9.17, 15) is 10.1 Å². The van der Waals surface area contributed by atoms with Crippen LogP contribution in [0.25, 0.3) is 11.3 Å². The lowest BCUT2D eigenvalue weighted by molar-refractivity contribution is -0.385. The average molecular weight is 516 g/mol. The highest BCUT2D eigenvalue weighted by molar-refractivity contribution is 5.60. The van der Waals surface area contributed by atoms with Gasteiger partial charge in [0.15, 0.2) is 0 Å². The molecular formula is C31H27N6O2. The van der Waals surface area contributed by atoms with Crippen molar-refractivity contribution < 1.29 is 4.92 Å². The molecule has 0 aliphatic carbocycles. The highest BCUT2D eigenvalue weighted by atomic mass is 16.6. The SMILES string of the molecule is O=[N+]([O-])c1ccc(NCCN(CC(c2ccccc2)c2ccccc2)c2nccc(-c3cc[c]cc3)n2)nc1. The van der Waals surface area contributed by atoms with Crippen LogP contribution in [0.15, 0.2) is 116 Å². The van der Waals surface area contributed by atoms with Crippen LogP contribution < -0.4 is 10.2 Å². The van der Waals surface area contributed by atoms with Gasteiger partial charge in [-0.1, -0.05) is 84.9 Å². The average Bonchev–Trinajstić information content (AvgIpc) is 3.00. The number of hydrogen-bond donors (Lipinski definition) is 1. The van der Waals surface area contributed by atoms with Crippen molar-refractivity contribution in [3.05, 3.63) is 143 Å². The summed E-state index contributed by atoms with van der Waals surface area (Å²) >= 11 is 0. The monoisotopic (exact) mass is 515 g/mol. The molecule has 2 aromatic heterocycles. The second-order valence-electron chi connectivity index (χ2n) is 8.94. The van der Waals surface area contributed by atoms with Gasteiger partial charge >= 0.3 is 0 Å². The van der Waals surface area contributed by atoms with Crippen LogP contribution in [0.3, 0.4) is 0 Å². The van der Waals surface area contributed by atoms with E-state index in [2.05, 4.69) is 74.8 Å². The van der Waals surface area contributed by atoms with Gasteiger partial charge in [0.2, 0.25) is 5.95 Å². The molecule has 0 aliphatic rings. The Kier molecular flexibility index (Phi) is 8.13. The summed E-state index contributed by atoms with van der Waals surface area (Å²) in [5.41, 5.74) is 4.19. The number of pyridine rings is 1. The van der Waals surface area contributed by atoms with E-state index in [0.717, 1.165) is 11.3 Å². The lowest BCUT2D eigenvalue weighted by Crippen LogP contribution is -2.35. The van der Waals surface area contributed by atoms with Gasteiger partial charge in [0.25, 0.3) is 5.69 Å². The van der Waals surface area contributed by atoms with Crippen molar-refractivity contribution in [2.45, 2.75) is 5.92 Å². The molecule has 2 heterocycles. The molecule has 0 aliphatic heterocycles. The highest BCUT2D eigenvalue weighted by Crippen LogP contribution is 2.28. The summed E-state index contributed by atoms with van der Waals surface area (Å²) in [6.07, 6.45) is 3.04. The van der Waals surface area contributed by atoms with Gasteiger partial charge in [0.05, 0.1) is 10.6 Å². The van der Waals surface area contributed by atoms with E-state index in [1.807, 2.05) is 42.5 Å². The largest absolute Gasteiger partial charge is 0.368 e. The summed E-state index contributed by atoms with van der Waals surface area (Å²) in [5.74, 6) is 1.28. The molecular weight excluding hydrogens is 488 g/mol. The molecule has 5 rings (SSSR count). The van der Waals surface area contributed by atoms with Crippen LogP contribution in [0.5, 0.6) is 0 Å². The molecule has 1 radical (unpaired) electrons. The molecule has 0 amide bonds. The molecule has 0 unspecified atom stereocenters. The summed E-state index contributed by atoms with van der Waals surface area (Å²) in [6, 6.07) is 36.6. The molecule has 0 spiro atoms. The maximum atomic E-state index is 11.0. The van der Waals surface area contributed by atoms with Crippen LogP contribution in [0.1, 0.15) is 17.0 Å². The Labute approximate surface area is 227 Å². The summed E-state index contributed by atoms with van der Waals surface area (Å²) in [5, 5.41) is 14.2. The lowest BCUT2D eigenvalue weighted by atomic mass is 9.91. The molecule has 193 valence electrons. The smallest absolute Gasteiger partial charge is 0.287 e. The number of benzene rings is 3. The quantitative estimate of drug-likeness (QED) is 0.170. The highest BCUT2D eigenvalue weighted by Gasteiger charge is 2.21. The maximum Gasteiger partial charge on any atom is 0.287 e. The predicted octanol–water partition coefficient (Wildman–Crippen LogP) is 6.00. The number of nitrogens with one attached hydrogen (secondary N) is 1. The Morgan fingerprint density at radius 2 is 1.56 bits per heavy atom. The summed E-state index contributed by atoms with van der Waals surface area (Å²) in [4.78, 5) is 26.4. The van der Waals surface area contributed by atoms with Crippen LogP contribution >= 0.6 is 0 Å². The van der Waals surface area contributed by atoms with E-state index in [1.165, 1.54) is 23.4 Å². The Morgan fingerprint density at radius 1 is 0.872 bits per heavy atom. The first-order valence-electron chi connectivity index (χ1n) is 12.7. The second kappa shape index (κ2) is 12.4. The fraction of sp³-hybridized carbons (Fsp3) is 0.129. The van der Waals surface area contributed by atoms with Crippen LogP contribution in [0.2, 0.25) is 0 Å². The normalized spacial score (nSPS) is 10.8. The number of nitro groups is 1. The third kappa shape index (κ3) is 6.61. The van der Waals surface area contributed by atoms with E-state index >= 15 is 0 Å². The van der Waals surface area contributed by atoms with Crippen molar-refractivity contribution >= 4 is 17.5 Å². The van der Waals surface area contributed by atoms with Crippen LogP contribution in [-0.4, -0.2) is 39.5 Å². The molecule has 1 N–H and O–H groups in total. The molecule has 0 atom stereocenters. The van der Waals surface area contributed by atoms with E-state index < -0.39 is 4.92 Å². The fourth-order valence-corrected chi connectivity index (χ4v) is 4.40. The minimum Gasteiger partial charge on any atom is -0.368 e. The van der Waals surface area contributed by atoms with E-state index in [-0.39, 0.29) is 11.6 Å². The van der Waals surface area contributed by atoms with Crippen molar-refractivity contribution in [2.24, 2.45) is 0 Å². The third-order valence-electron chi connectivity index (χ3n) is 6.39. The molecule has 0 saturated carbocycles. The maximum absolute atomic E-state index is 11.0. The zero-order valence-electron chi connectivity index (χ0n) is 21.2. The van der Waals surface area contributed by atoms with Crippen LogP contribution in [0, 0.1) is 16.2 Å². The zero-order valence-corrected chi connectivity index (χ0v) is 21.2. The van der Waals surface area contributed by atoms with Crippen molar-refractivity contribution in [3.8, 4) is 11.3 Å². The van der Waals surface area contributed by atoms with E-state index in [1.54, 1.807) is 12.3 Å². The van der Waals surface area contributed by atoms with Gasteiger partial charge in [-0.2, -0.15) is 0 Å². The molecule has 8 nitrogen and oxygen atoms in total. The Bertz CT molecular complexity index is 1440. The second-order valence-corrected chi connectivity index (χ2v) is 8.94. The predicted molar refractivity (Wildman–Crippen MR) is 153 cm³/mol. The summed E-state index contributed by atoms with van der Waals surface area (Å²) in [7, 11) is 0. The lowest BCUT2D eigenvalue weighted by Gasteiger charge is -2.29. The van der Waals surface area contributed by atoms with Gasteiger partial charge in [-0.25, -0.2) is 15.0 Å². The molecule has 3 aromatic carbocycles. The van der Waals surface area contributed by atoms with Crippen molar-refractivity contribution in [3.63, 3.8) is 0 Å². The molecule has 0 fully saturated rings. The fourth-order valence-electron chi connectivity index (χ4n) is 4.40. The first-order valence-corrected chi connectivity index (χ1v) is 12.7. The number of anilines is 2. The topological polar surface area (TPSA) is 97.1 Å². The number of aromatic nitrogens is 3. The molecule has 0 bridgehead atoms. The van der Waals surface area contributed by atoms with Crippen LogP contribution in [-0.2, 0) is 0 Å². The molecule has 8 heteroatoms. The Morgan fingerprint density at radius 3 is 2.18 bits per heavy atom. The zero-order chi connectivity index (χ0) is 26.9. The summed E-state index contributed by atoms with van der Waals surface area (Å²) in [6.45, 7) is 1.77. The minimum absolute atomic E-state index is 0.0422. The minimum atomic E-state index is -0.457. The molecule has 39 heavy (non-hydrogen) atoms. The van der Waals surface area contributed by atoms with Crippen molar-refractivity contribution in [1.29, 1.82) is 0 Å². The first-order chi connectivity index (χ1) is 19.2. The number of rotatable bonds is 11. The van der Waals surface area contributed by atoms with Gasteiger partial charge in [-0.3, -0.25) is 10.1 Å². The van der Waals surface area contributed by atoms with Gasteiger partial charge < -0.3 is 10.2 Å². The Hall–Kier alpha value is -5.11. The Balaban J connectivity index is 1.43. The number of nitrogens with zero attached hydrogens (tertiary/aromatic N) is 5. The van der Waals surface area contributed by atoms with Crippen molar-refractivity contribution in [1.82, 2.24) is 15.0 Å². The van der Waals surface area contributed by atoms with Crippen LogP contribution in [0.4, 0.5) is 17.5 Å². The molecule has 0 saturated heterocycles. The first kappa shape index (κ1) is 25.5. The van der Waals surface area contributed by atoms with Crippen molar-refractivity contribution in [2.75, 3.05) is 29.9 Å². The standard InChI is InChI=1S/C31H27N6O2/c38-37(39)27-16-17-30(34-22-27)32-20-21-36(31-33-19-18-29(35-31)26-14-8-3-9-15-26)23-28(24-10-4-1-5-11-24)25-12-6-2-7-13-25/h1-2,4-19,22,28H,20-21,23H2,(H,32,34). The van der Waals surface area contributed by atoms with Gasteiger partial charge in [0, 0.05) is 43.4 Å². The third-order valence-corrected chi connectivity index (χ3v) is 6.39. The van der Waals surface area contributed by atoms with E-state index in [0.29, 0.717) is 31.4 Å². The van der Waals surface area contributed by atoms with E-state index in [4.69, 9.17) is 4.98 Å². The number of hydrogen-bond acceptors (Lipinski definition) is 7. The molecule has 5 aromatic rings. The van der Waals surface area contributed by atoms with Gasteiger partial charge in [-0.15, -0.1) is 0 Å². The van der Waals surface area contributed by atoms with Gasteiger partial charge in [0.1, 0.15) is 12.0 Å². The summed E-state index contributed by atoms with van der Waals surface area (Å²) < 4.78 is 0. The van der Waals surface area contributed by atoms with Gasteiger partial charge in [-0.05, 0) is 29.3 Å².